The monoisotopic (exact) mass is 472 g/mol. The van der Waals surface area contributed by atoms with Crippen LogP contribution in [0.2, 0.25) is 0 Å². The van der Waals surface area contributed by atoms with Gasteiger partial charge in [-0.15, -0.1) is 0 Å². The van der Waals surface area contributed by atoms with Crippen molar-refractivity contribution in [3.05, 3.63) is 95.2 Å². The van der Waals surface area contributed by atoms with E-state index in [-0.39, 0.29) is 11.1 Å². The fourth-order valence-corrected chi connectivity index (χ4v) is 4.07. The molecule has 0 aliphatic rings. The van der Waals surface area contributed by atoms with Crippen LogP contribution in [0.1, 0.15) is 27.5 Å². The van der Waals surface area contributed by atoms with Crippen molar-refractivity contribution in [2.45, 2.75) is 29.0 Å². The van der Waals surface area contributed by atoms with Crippen LogP contribution >= 0.6 is 11.8 Å². The van der Waals surface area contributed by atoms with Gasteiger partial charge in [0.25, 0.3) is 5.03 Å². The number of benzene rings is 2. The molecule has 168 valence electrons. The Hall–Kier alpha value is -3.01. The first-order chi connectivity index (χ1) is 14.9. The van der Waals surface area contributed by atoms with Gasteiger partial charge in [0.05, 0.1) is 16.4 Å². The van der Waals surface area contributed by atoms with E-state index in [1.165, 1.54) is 12.3 Å². The van der Waals surface area contributed by atoms with E-state index in [1.54, 1.807) is 42.5 Å². The quantitative estimate of drug-likeness (QED) is 0.210. The van der Waals surface area contributed by atoms with E-state index in [0.717, 1.165) is 16.5 Å². The van der Waals surface area contributed by atoms with Crippen molar-refractivity contribution in [1.82, 2.24) is 0 Å². The summed E-state index contributed by atoms with van der Waals surface area (Å²) in [5.41, 5.74) is -2.86. The normalized spacial score (nSPS) is 13.1. The number of nitrogens with zero attached hydrogens (tertiary/aromatic N) is 1. The molecule has 3 rings (SSSR count). The van der Waals surface area contributed by atoms with Crippen molar-refractivity contribution in [2.24, 2.45) is 0 Å². The van der Waals surface area contributed by atoms with Crippen LogP contribution in [0.5, 0.6) is 0 Å². The summed E-state index contributed by atoms with van der Waals surface area (Å²) < 4.78 is 79.6. The maximum Gasteiger partial charge on any atom is 0.416 e. The SMILES string of the molecule is O=C(Cc1cc(C(F)(F)F)cc(C(F)(F)F)c1)C(Sc1cccc[n+]1O)c1ccccc1. The van der Waals surface area contributed by atoms with Crippen LogP contribution in [-0.4, -0.2) is 11.0 Å². The smallest absolute Gasteiger partial charge is 0.298 e. The number of Topliss-reactive ketones (excluding diaryl/α,β-unsaturated/α-hetero) is 1. The molecule has 0 radical (unpaired) electrons. The van der Waals surface area contributed by atoms with Crippen LogP contribution in [0.25, 0.3) is 0 Å². The molecule has 1 aromatic heterocycles. The fourth-order valence-electron chi connectivity index (χ4n) is 3.00. The van der Waals surface area contributed by atoms with E-state index in [2.05, 4.69) is 0 Å². The Bertz CT molecular complexity index is 1070. The van der Waals surface area contributed by atoms with Crippen LogP contribution in [-0.2, 0) is 23.6 Å². The number of hydrogen-bond acceptors (Lipinski definition) is 3. The molecule has 1 heterocycles. The topological polar surface area (TPSA) is 41.2 Å². The summed E-state index contributed by atoms with van der Waals surface area (Å²) in [6.45, 7) is 0. The van der Waals surface area contributed by atoms with Gasteiger partial charge in [0.1, 0.15) is 0 Å². The lowest BCUT2D eigenvalue weighted by Crippen LogP contribution is -2.32. The molecule has 1 atom stereocenters. The molecular formula is C22H16F6NO2S+. The van der Waals surface area contributed by atoms with E-state index in [1.807, 2.05) is 0 Å². The second-order valence-corrected chi connectivity index (χ2v) is 7.97. The van der Waals surface area contributed by atoms with Crippen molar-refractivity contribution >= 4 is 17.5 Å². The molecule has 32 heavy (non-hydrogen) atoms. The Balaban J connectivity index is 1.98. The number of hydrogen-bond donors (Lipinski definition) is 1. The fraction of sp³-hybridized carbons (Fsp3) is 0.182. The minimum atomic E-state index is -5.00. The highest BCUT2D eigenvalue weighted by atomic mass is 32.2. The van der Waals surface area contributed by atoms with Crippen molar-refractivity contribution in [1.29, 1.82) is 0 Å². The Kier molecular flexibility index (Phi) is 6.82. The van der Waals surface area contributed by atoms with Crippen molar-refractivity contribution in [3.8, 4) is 0 Å². The standard InChI is InChI=1S/C22H16F6NO2S/c23-21(24,25)16-10-14(11-17(13-16)22(26,27)28)12-18(30)20(15-6-2-1-3-7-15)32-19-8-4-5-9-29(19)31/h1-11,13,20,31H,12H2/q+1. The number of thioether (sulfide) groups is 1. The number of alkyl halides is 6. The van der Waals surface area contributed by atoms with E-state index in [0.29, 0.717) is 17.7 Å². The highest BCUT2D eigenvalue weighted by Gasteiger charge is 2.37. The summed E-state index contributed by atoms with van der Waals surface area (Å²) in [4.78, 5) is 13.1. The summed E-state index contributed by atoms with van der Waals surface area (Å²) in [5.74, 6) is -0.613. The Morgan fingerprint density at radius 1 is 0.875 bits per heavy atom. The maximum absolute atomic E-state index is 13.1. The number of ketones is 1. The van der Waals surface area contributed by atoms with Gasteiger partial charge in [0.2, 0.25) is 6.20 Å². The van der Waals surface area contributed by atoms with Crippen LogP contribution in [0.15, 0.2) is 78.0 Å². The molecule has 0 aliphatic carbocycles. The zero-order chi connectivity index (χ0) is 23.5. The van der Waals surface area contributed by atoms with E-state index >= 15 is 0 Å². The minimum absolute atomic E-state index is 0.0239. The van der Waals surface area contributed by atoms with Gasteiger partial charge in [-0.05, 0) is 47.2 Å². The molecule has 2 aromatic carbocycles. The van der Waals surface area contributed by atoms with Gasteiger partial charge in [-0.3, -0.25) is 10.0 Å². The number of pyridine rings is 1. The molecule has 3 nitrogen and oxygen atoms in total. The maximum atomic E-state index is 13.1. The average Bonchev–Trinajstić information content (AvgIpc) is 2.72. The minimum Gasteiger partial charge on any atom is -0.298 e. The van der Waals surface area contributed by atoms with Gasteiger partial charge in [0, 0.05) is 23.3 Å². The Labute approximate surface area is 183 Å². The molecule has 0 amide bonds. The highest BCUT2D eigenvalue weighted by Crippen LogP contribution is 2.38. The van der Waals surface area contributed by atoms with Crippen molar-refractivity contribution in [2.75, 3.05) is 0 Å². The molecule has 0 saturated heterocycles. The average molecular weight is 472 g/mol. The number of aromatic nitrogens is 1. The summed E-state index contributed by atoms with van der Waals surface area (Å²) in [6, 6.07) is 14.1. The van der Waals surface area contributed by atoms with Crippen LogP contribution in [0.3, 0.4) is 0 Å². The summed E-state index contributed by atoms with van der Waals surface area (Å²) in [6.07, 6.45) is -9.33. The molecular weight excluding hydrogens is 456 g/mol. The summed E-state index contributed by atoms with van der Waals surface area (Å²) >= 11 is 0.934. The highest BCUT2D eigenvalue weighted by molar-refractivity contribution is 8.00. The van der Waals surface area contributed by atoms with Crippen LogP contribution in [0.4, 0.5) is 26.3 Å². The predicted molar refractivity (Wildman–Crippen MR) is 104 cm³/mol. The van der Waals surface area contributed by atoms with Gasteiger partial charge in [-0.1, -0.05) is 30.3 Å². The lowest BCUT2D eigenvalue weighted by atomic mass is 9.98. The lowest BCUT2D eigenvalue weighted by Gasteiger charge is -2.17. The molecule has 10 heteroatoms. The van der Waals surface area contributed by atoms with Crippen LogP contribution in [0, 0.1) is 0 Å². The summed E-state index contributed by atoms with van der Waals surface area (Å²) in [7, 11) is 0. The van der Waals surface area contributed by atoms with Gasteiger partial charge < -0.3 is 0 Å². The number of rotatable bonds is 6. The largest absolute Gasteiger partial charge is 0.416 e. The Morgan fingerprint density at radius 2 is 1.44 bits per heavy atom. The molecule has 0 spiro atoms. The van der Waals surface area contributed by atoms with Crippen molar-refractivity contribution < 1.29 is 41.1 Å². The molecule has 3 aromatic rings. The van der Waals surface area contributed by atoms with E-state index < -0.39 is 46.5 Å². The second-order valence-electron chi connectivity index (χ2n) is 6.85. The number of halogens is 6. The molecule has 0 saturated carbocycles. The van der Waals surface area contributed by atoms with Crippen LogP contribution < -0.4 is 4.73 Å². The molecule has 1 unspecified atom stereocenters. The molecule has 0 bridgehead atoms. The first kappa shape index (κ1) is 23.6. The van der Waals surface area contributed by atoms with Crippen molar-refractivity contribution in [3.63, 3.8) is 0 Å². The number of carbonyl (C=O) groups is 1. The molecule has 1 N–H and O–H groups in total. The third-order valence-corrected chi connectivity index (χ3v) is 5.80. The number of carbonyl (C=O) groups excluding carboxylic acids is 1. The zero-order valence-electron chi connectivity index (χ0n) is 16.2. The first-order valence-corrected chi connectivity index (χ1v) is 10.1. The van der Waals surface area contributed by atoms with E-state index in [4.69, 9.17) is 0 Å². The van der Waals surface area contributed by atoms with Gasteiger partial charge in [0.15, 0.2) is 5.78 Å². The molecule has 0 aliphatic heterocycles. The zero-order valence-corrected chi connectivity index (χ0v) is 17.0. The van der Waals surface area contributed by atoms with Gasteiger partial charge in [-0.25, -0.2) is 0 Å². The third-order valence-electron chi connectivity index (χ3n) is 4.46. The van der Waals surface area contributed by atoms with Gasteiger partial charge in [-0.2, -0.15) is 26.3 Å². The summed E-state index contributed by atoms with van der Waals surface area (Å²) in [5, 5.41) is 9.27. The predicted octanol–water partition coefficient (Wildman–Crippen LogP) is 5.89. The Morgan fingerprint density at radius 3 is 1.97 bits per heavy atom. The lowest BCUT2D eigenvalue weighted by molar-refractivity contribution is -0.932. The van der Waals surface area contributed by atoms with E-state index in [9.17, 15) is 36.3 Å². The molecule has 0 fully saturated rings. The first-order valence-electron chi connectivity index (χ1n) is 9.18. The third kappa shape index (κ3) is 5.82. The van der Waals surface area contributed by atoms with Gasteiger partial charge >= 0.3 is 12.4 Å². The second kappa shape index (κ2) is 9.23.